The monoisotopic (exact) mass is 460 g/mol. The van der Waals surface area contributed by atoms with E-state index in [0.29, 0.717) is 11.8 Å². The Morgan fingerprint density at radius 2 is 1.65 bits per heavy atom. The van der Waals surface area contributed by atoms with Crippen LogP contribution in [0.15, 0.2) is 48.5 Å². The van der Waals surface area contributed by atoms with Gasteiger partial charge in [0, 0.05) is 30.6 Å². The van der Waals surface area contributed by atoms with E-state index in [1.54, 1.807) is 7.11 Å². The highest BCUT2D eigenvalue weighted by Gasteiger charge is 2.40. The number of carbonyl (C=O) groups is 1. The first-order valence-corrected chi connectivity index (χ1v) is 13.5. The Kier molecular flexibility index (Phi) is 7.54. The molecule has 2 aromatic carbocycles. The van der Waals surface area contributed by atoms with Gasteiger partial charge in [0.05, 0.1) is 13.2 Å². The number of nitrogens with one attached hydrogen (secondary N) is 1. The number of carbonyl (C=O) groups excluding carboxylic acids is 1. The van der Waals surface area contributed by atoms with Gasteiger partial charge >= 0.3 is 0 Å². The lowest BCUT2D eigenvalue weighted by Crippen LogP contribution is -2.41. The maximum atomic E-state index is 13.6. The molecule has 1 aliphatic heterocycles. The fourth-order valence-corrected chi connectivity index (χ4v) is 6.59. The van der Waals surface area contributed by atoms with Crippen molar-refractivity contribution in [1.29, 1.82) is 0 Å². The van der Waals surface area contributed by atoms with Crippen molar-refractivity contribution < 1.29 is 9.53 Å². The van der Waals surface area contributed by atoms with Crippen LogP contribution in [0.2, 0.25) is 0 Å². The summed E-state index contributed by atoms with van der Waals surface area (Å²) in [6.07, 6.45) is 12.1. The van der Waals surface area contributed by atoms with Gasteiger partial charge < -0.3 is 15.0 Å². The first-order valence-electron chi connectivity index (χ1n) is 13.5. The second-order valence-corrected chi connectivity index (χ2v) is 10.6. The Hall–Kier alpha value is -2.33. The SMILES string of the molecule is COc1ccc(C2CCCC2)cc1CNC1CCN(C(=O)C2CCCCC2)C1c1ccccc1. The lowest BCUT2D eigenvalue weighted by Gasteiger charge is -2.33. The zero-order valence-corrected chi connectivity index (χ0v) is 20.7. The summed E-state index contributed by atoms with van der Waals surface area (Å²) in [7, 11) is 1.76. The summed E-state index contributed by atoms with van der Waals surface area (Å²) in [4.78, 5) is 15.8. The van der Waals surface area contributed by atoms with Gasteiger partial charge in [-0.3, -0.25) is 4.79 Å². The molecule has 0 radical (unpaired) electrons. The number of likely N-dealkylation sites (tertiary alicyclic amines) is 1. The standard InChI is InChI=1S/C30H40N2O2/c1-34-28-17-16-25(22-10-8-9-11-22)20-26(28)21-31-27-18-19-32(29(27)23-12-4-2-5-13-23)30(33)24-14-6-3-7-15-24/h2,4-5,12-13,16-17,20,22,24,27,29,31H,3,6-11,14-15,18-19,21H2,1H3. The molecule has 2 aliphatic carbocycles. The van der Waals surface area contributed by atoms with Crippen LogP contribution >= 0.6 is 0 Å². The van der Waals surface area contributed by atoms with Crippen LogP contribution in [0.1, 0.15) is 92.9 Å². The maximum Gasteiger partial charge on any atom is 0.226 e. The summed E-state index contributed by atoms with van der Waals surface area (Å²) < 4.78 is 5.72. The smallest absolute Gasteiger partial charge is 0.226 e. The summed E-state index contributed by atoms with van der Waals surface area (Å²) >= 11 is 0. The van der Waals surface area contributed by atoms with Gasteiger partial charge in [0.1, 0.15) is 5.75 Å². The molecule has 1 heterocycles. The average Bonchev–Trinajstić information content (AvgIpc) is 3.58. The number of rotatable bonds is 7. The maximum absolute atomic E-state index is 13.6. The molecule has 3 fully saturated rings. The van der Waals surface area contributed by atoms with Gasteiger partial charge in [-0.15, -0.1) is 0 Å². The van der Waals surface area contributed by atoms with Gasteiger partial charge in [-0.25, -0.2) is 0 Å². The van der Waals surface area contributed by atoms with E-state index in [-0.39, 0.29) is 18.0 Å². The quantitative estimate of drug-likeness (QED) is 0.522. The van der Waals surface area contributed by atoms with Crippen molar-refractivity contribution in [3.05, 3.63) is 65.2 Å². The molecule has 2 unspecified atom stereocenters. The topological polar surface area (TPSA) is 41.6 Å². The molecular formula is C30H40N2O2. The summed E-state index contributed by atoms with van der Waals surface area (Å²) in [5, 5.41) is 3.85. The predicted molar refractivity (Wildman–Crippen MR) is 137 cm³/mol. The van der Waals surface area contributed by atoms with E-state index in [9.17, 15) is 4.79 Å². The third kappa shape index (κ3) is 5.02. The molecule has 34 heavy (non-hydrogen) atoms. The van der Waals surface area contributed by atoms with Crippen LogP contribution in [-0.4, -0.2) is 30.5 Å². The molecular weight excluding hydrogens is 420 g/mol. The molecule has 4 nitrogen and oxygen atoms in total. The molecule has 5 rings (SSSR count). The number of ether oxygens (including phenoxy) is 1. The second kappa shape index (κ2) is 10.9. The molecule has 0 aromatic heterocycles. The Balaban J connectivity index is 1.34. The Morgan fingerprint density at radius 1 is 0.912 bits per heavy atom. The second-order valence-electron chi connectivity index (χ2n) is 10.6. The molecule has 2 saturated carbocycles. The number of amides is 1. The van der Waals surface area contributed by atoms with Crippen molar-refractivity contribution in [1.82, 2.24) is 10.2 Å². The lowest BCUT2D eigenvalue weighted by atomic mass is 9.87. The Morgan fingerprint density at radius 3 is 2.38 bits per heavy atom. The van der Waals surface area contributed by atoms with Crippen LogP contribution in [0, 0.1) is 5.92 Å². The molecule has 3 aliphatic rings. The third-order valence-corrected chi connectivity index (χ3v) is 8.46. The van der Waals surface area contributed by atoms with E-state index < -0.39 is 0 Å². The van der Waals surface area contributed by atoms with Gasteiger partial charge in [0.2, 0.25) is 5.91 Å². The van der Waals surface area contributed by atoms with Gasteiger partial charge in [-0.1, -0.05) is 74.6 Å². The molecule has 0 spiro atoms. The van der Waals surface area contributed by atoms with E-state index in [2.05, 4.69) is 58.7 Å². The first kappa shape index (κ1) is 23.4. The van der Waals surface area contributed by atoms with Crippen molar-refractivity contribution >= 4 is 5.91 Å². The molecule has 2 aromatic rings. The van der Waals surface area contributed by atoms with Crippen LogP contribution in [0.5, 0.6) is 5.75 Å². The van der Waals surface area contributed by atoms with E-state index in [1.165, 1.54) is 61.6 Å². The lowest BCUT2D eigenvalue weighted by molar-refractivity contribution is -0.137. The molecule has 1 N–H and O–H groups in total. The molecule has 1 amide bonds. The summed E-state index contributed by atoms with van der Waals surface area (Å²) in [5.74, 6) is 2.23. The van der Waals surface area contributed by atoms with Crippen LogP contribution in [-0.2, 0) is 11.3 Å². The normalized spacial score (nSPS) is 24.0. The Bertz CT molecular complexity index is 948. The fourth-order valence-electron chi connectivity index (χ4n) is 6.59. The largest absolute Gasteiger partial charge is 0.496 e. The highest BCUT2D eigenvalue weighted by Crippen LogP contribution is 2.38. The molecule has 182 valence electrons. The van der Waals surface area contributed by atoms with E-state index in [0.717, 1.165) is 38.1 Å². The highest BCUT2D eigenvalue weighted by molar-refractivity contribution is 5.80. The van der Waals surface area contributed by atoms with Crippen LogP contribution in [0.4, 0.5) is 0 Å². The zero-order valence-electron chi connectivity index (χ0n) is 20.7. The van der Waals surface area contributed by atoms with E-state index >= 15 is 0 Å². The van der Waals surface area contributed by atoms with Crippen LogP contribution in [0.25, 0.3) is 0 Å². The van der Waals surface area contributed by atoms with Crippen molar-refractivity contribution in [2.45, 2.75) is 88.8 Å². The highest BCUT2D eigenvalue weighted by atomic mass is 16.5. The molecule has 0 bridgehead atoms. The first-order chi connectivity index (χ1) is 16.7. The number of methoxy groups -OCH3 is 1. The molecule has 4 heteroatoms. The summed E-state index contributed by atoms with van der Waals surface area (Å²) in [5.41, 5.74) is 3.93. The van der Waals surface area contributed by atoms with Crippen LogP contribution in [0.3, 0.4) is 0 Å². The van der Waals surface area contributed by atoms with Gasteiger partial charge in [-0.05, 0) is 55.2 Å². The minimum Gasteiger partial charge on any atom is -0.496 e. The number of benzene rings is 2. The van der Waals surface area contributed by atoms with Crippen molar-refractivity contribution in [3.8, 4) is 5.75 Å². The van der Waals surface area contributed by atoms with Crippen LogP contribution < -0.4 is 10.1 Å². The van der Waals surface area contributed by atoms with Gasteiger partial charge in [0.15, 0.2) is 0 Å². The molecule has 2 atom stereocenters. The zero-order chi connectivity index (χ0) is 23.3. The van der Waals surface area contributed by atoms with Gasteiger partial charge in [0.25, 0.3) is 0 Å². The Labute approximate surface area is 205 Å². The molecule has 1 saturated heterocycles. The van der Waals surface area contributed by atoms with E-state index in [4.69, 9.17) is 4.74 Å². The minimum atomic E-state index is 0.0969. The summed E-state index contributed by atoms with van der Waals surface area (Å²) in [6.45, 7) is 1.61. The number of hydrogen-bond donors (Lipinski definition) is 1. The predicted octanol–water partition coefficient (Wildman–Crippen LogP) is 6.36. The van der Waals surface area contributed by atoms with Crippen molar-refractivity contribution in [3.63, 3.8) is 0 Å². The summed E-state index contributed by atoms with van der Waals surface area (Å²) in [6, 6.07) is 17.7. The number of nitrogens with zero attached hydrogens (tertiary/aromatic N) is 1. The fraction of sp³-hybridized carbons (Fsp3) is 0.567. The van der Waals surface area contributed by atoms with Gasteiger partial charge in [-0.2, -0.15) is 0 Å². The van der Waals surface area contributed by atoms with Crippen molar-refractivity contribution in [2.24, 2.45) is 5.92 Å². The van der Waals surface area contributed by atoms with E-state index in [1.807, 2.05) is 0 Å². The third-order valence-electron chi connectivity index (χ3n) is 8.46. The van der Waals surface area contributed by atoms with Crippen molar-refractivity contribution in [2.75, 3.05) is 13.7 Å². The number of hydrogen-bond acceptors (Lipinski definition) is 3. The minimum absolute atomic E-state index is 0.0969. The average molecular weight is 461 g/mol.